The number of hydrogen-bond donors (Lipinski definition) is 3. The summed E-state index contributed by atoms with van der Waals surface area (Å²) in [6.45, 7) is 5.79. The van der Waals surface area contributed by atoms with E-state index in [4.69, 9.17) is 9.26 Å². The Morgan fingerprint density at radius 2 is 1.75 bits per heavy atom. The van der Waals surface area contributed by atoms with Crippen LogP contribution in [0.3, 0.4) is 0 Å². The van der Waals surface area contributed by atoms with Gasteiger partial charge in [-0.1, -0.05) is 41.6 Å². The zero-order valence-electron chi connectivity index (χ0n) is 20.6. The third-order valence-corrected chi connectivity index (χ3v) is 7.15. The lowest BCUT2D eigenvalue weighted by Crippen LogP contribution is -2.45. The molecule has 2 saturated heterocycles. The van der Waals surface area contributed by atoms with Crippen molar-refractivity contribution in [3.8, 4) is 5.75 Å². The largest absolute Gasteiger partial charge is 0.508 e. The topological polar surface area (TPSA) is 94.2 Å². The van der Waals surface area contributed by atoms with Gasteiger partial charge in [-0.3, -0.25) is 4.90 Å². The molecule has 0 bridgehead atoms. The molecular formula is C28H36N4O4. The number of phenolic OH excluding ortho intramolecular Hbond substituents is 1. The summed E-state index contributed by atoms with van der Waals surface area (Å²) in [4.78, 5) is 4.83. The summed E-state index contributed by atoms with van der Waals surface area (Å²) in [6.07, 6.45) is 1.37. The molecule has 2 aliphatic rings. The van der Waals surface area contributed by atoms with Gasteiger partial charge in [0.25, 0.3) is 0 Å². The molecule has 36 heavy (non-hydrogen) atoms. The summed E-state index contributed by atoms with van der Waals surface area (Å²) in [5.41, 5.74) is 3.01. The van der Waals surface area contributed by atoms with Crippen LogP contribution < -0.4 is 10.2 Å². The normalized spacial score (nSPS) is 23.1. The summed E-state index contributed by atoms with van der Waals surface area (Å²) in [7, 11) is 0. The number of rotatable bonds is 9. The molecule has 8 heteroatoms. The van der Waals surface area contributed by atoms with E-state index in [0.717, 1.165) is 56.2 Å². The lowest BCUT2D eigenvalue weighted by atomic mass is 9.98. The van der Waals surface area contributed by atoms with E-state index in [2.05, 4.69) is 50.6 Å². The lowest BCUT2D eigenvalue weighted by Gasteiger charge is -2.35. The summed E-state index contributed by atoms with van der Waals surface area (Å²) in [6, 6.07) is 19.9. The fourth-order valence-electron chi connectivity index (χ4n) is 5.08. The number of aromatic hydroxyl groups is 1. The summed E-state index contributed by atoms with van der Waals surface area (Å²) >= 11 is 0. The molecule has 1 aromatic heterocycles. The van der Waals surface area contributed by atoms with E-state index in [1.54, 1.807) is 12.1 Å². The second-order valence-electron chi connectivity index (χ2n) is 9.79. The van der Waals surface area contributed by atoms with E-state index in [1.165, 1.54) is 5.69 Å². The number of phenols is 1. The summed E-state index contributed by atoms with van der Waals surface area (Å²) in [5.74, 6) is 1.16. The maximum absolute atomic E-state index is 10.4. The van der Waals surface area contributed by atoms with Crippen LogP contribution in [0.15, 0.2) is 65.2 Å². The minimum atomic E-state index is -0.499. The van der Waals surface area contributed by atoms with Crippen molar-refractivity contribution in [1.29, 1.82) is 0 Å². The first-order chi connectivity index (χ1) is 17.6. The third kappa shape index (κ3) is 6.44. The van der Waals surface area contributed by atoms with E-state index in [-0.39, 0.29) is 18.0 Å². The number of para-hydroxylation sites is 2. The molecule has 2 aromatic carbocycles. The van der Waals surface area contributed by atoms with E-state index < -0.39 is 6.10 Å². The fourth-order valence-corrected chi connectivity index (χ4v) is 5.08. The highest BCUT2D eigenvalue weighted by Crippen LogP contribution is 2.24. The van der Waals surface area contributed by atoms with Crippen LogP contribution in [0, 0.1) is 0 Å². The molecule has 2 fully saturated rings. The number of nitrogens with zero attached hydrogens (tertiary/aromatic N) is 3. The quantitative estimate of drug-likeness (QED) is 0.420. The van der Waals surface area contributed by atoms with Crippen LogP contribution >= 0.6 is 0 Å². The van der Waals surface area contributed by atoms with Crippen molar-refractivity contribution in [2.45, 2.75) is 50.7 Å². The molecule has 3 heterocycles. The Morgan fingerprint density at radius 3 is 2.56 bits per heavy atom. The van der Waals surface area contributed by atoms with E-state index >= 15 is 0 Å². The number of benzene rings is 2. The van der Waals surface area contributed by atoms with Crippen LogP contribution in [0.1, 0.15) is 29.9 Å². The molecule has 0 amide bonds. The van der Waals surface area contributed by atoms with Crippen LogP contribution in [-0.4, -0.2) is 71.3 Å². The molecule has 3 aromatic rings. The van der Waals surface area contributed by atoms with Crippen LogP contribution in [0.2, 0.25) is 0 Å². The van der Waals surface area contributed by atoms with Crippen molar-refractivity contribution in [2.24, 2.45) is 0 Å². The Labute approximate surface area is 212 Å². The SMILES string of the molecule is Oc1ccccc1CNC[C@H]1O[C@H](Cc2cc(CN3CCN(c4ccccc4)CC3)on2)CC[C@@H]1O. The number of aliphatic hydroxyl groups is 1. The van der Waals surface area contributed by atoms with Gasteiger partial charge in [-0.25, -0.2) is 0 Å². The summed E-state index contributed by atoms with van der Waals surface area (Å²) in [5, 5.41) is 28.0. The van der Waals surface area contributed by atoms with Gasteiger partial charge >= 0.3 is 0 Å². The van der Waals surface area contributed by atoms with Gasteiger partial charge in [0.15, 0.2) is 5.76 Å². The molecular weight excluding hydrogens is 456 g/mol. The monoisotopic (exact) mass is 492 g/mol. The van der Waals surface area contributed by atoms with Crippen molar-refractivity contribution in [3.63, 3.8) is 0 Å². The molecule has 0 aliphatic carbocycles. The van der Waals surface area contributed by atoms with Crippen LogP contribution in [-0.2, 0) is 24.2 Å². The van der Waals surface area contributed by atoms with Crippen molar-refractivity contribution < 1.29 is 19.5 Å². The number of anilines is 1. The van der Waals surface area contributed by atoms with Crippen molar-refractivity contribution in [2.75, 3.05) is 37.6 Å². The number of piperazine rings is 1. The Kier molecular flexibility index (Phi) is 8.18. The minimum absolute atomic E-state index is 0.00213. The zero-order valence-corrected chi connectivity index (χ0v) is 20.6. The predicted molar refractivity (Wildman–Crippen MR) is 138 cm³/mol. The Bertz CT molecular complexity index is 1080. The highest BCUT2D eigenvalue weighted by Gasteiger charge is 2.30. The van der Waals surface area contributed by atoms with Gasteiger partial charge in [0.2, 0.25) is 0 Å². The first kappa shape index (κ1) is 24.8. The maximum atomic E-state index is 10.4. The van der Waals surface area contributed by atoms with Gasteiger partial charge < -0.3 is 29.7 Å². The van der Waals surface area contributed by atoms with Crippen molar-refractivity contribution >= 4 is 5.69 Å². The van der Waals surface area contributed by atoms with Gasteiger partial charge in [0, 0.05) is 63.0 Å². The van der Waals surface area contributed by atoms with Crippen LogP contribution in [0.25, 0.3) is 0 Å². The molecule has 0 unspecified atom stereocenters. The number of aromatic nitrogens is 1. The van der Waals surface area contributed by atoms with Gasteiger partial charge in [-0.05, 0) is 31.0 Å². The number of aliphatic hydroxyl groups excluding tert-OH is 1. The average Bonchev–Trinajstić information content (AvgIpc) is 3.34. The Balaban J connectivity index is 1.06. The predicted octanol–water partition coefficient (Wildman–Crippen LogP) is 2.94. The smallest absolute Gasteiger partial charge is 0.150 e. The first-order valence-corrected chi connectivity index (χ1v) is 12.9. The van der Waals surface area contributed by atoms with Gasteiger partial charge in [-0.2, -0.15) is 0 Å². The van der Waals surface area contributed by atoms with Crippen molar-refractivity contribution in [1.82, 2.24) is 15.4 Å². The standard InChI is InChI=1S/C28H36N4O4/c33-26-9-5-4-6-21(26)18-29-19-28-27(34)11-10-24(35-28)16-22-17-25(36-30-22)20-31-12-14-32(15-13-31)23-7-2-1-3-8-23/h1-9,17,24,27-29,33-34H,10-16,18-20H2/t24-,27-,28+/m0/s1. The van der Waals surface area contributed by atoms with Gasteiger partial charge in [0.1, 0.15) is 5.75 Å². The van der Waals surface area contributed by atoms with Gasteiger partial charge in [-0.15, -0.1) is 0 Å². The number of ether oxygens (including phenoxy) is 1. The number of nitrogens with one attached hydrogen (secondary N) is 1. The third-order valence-electron chi connectivity index (χ3n) is 7.15. The minimum Gasteiger partial charge on any atom is -0.508 e. The summed E-state index contributed by atoms with van der Waals surface area (Å²) < 4.78 is 11.9. The maximum Gasteiger partial charge on any atom is 0.150 e. The first-order valence-electron chi connectivity index (χ1n) is 12.9. The van der Waals surface area contributed by atoms with Crippen LogP contribution in [0.5, 0.6) is 5.75 Å². The van der Waals surface area contributed by atoms with Gasteiger partial charge in [0.05, 0.1) is 30.6 Å². The number of hydrogen-bond acceptors (Lipinski definition) is 8. The zero-order chi connectivity index (χ0) is 24.7. The highest BCUT2D eigenvalue weighted by atomic mass is 16.5. The molecule has 0 spiro atoms. The molecule has 0 radical (unpaired) electrons. The Morgan fingerprint density at radius 1 is 0.972 bits per heavy atom. The molecule has 3 atom stereocenters. The molecule has 2 aliphatic heterocycles. The fraction of sp³-hybridized carbons (Fsp3) is 0.464. The lowest BCUT2D eigenvalue weighted by molar-refractivity contribution is -0.115. The van der Waals surface area contributed by atoms with E-state index in [0.29, 0.717) is 25.9 Å². The molecule has 5 rings (SSSR count). The average molecular weight is 493 g/mol. The van der Waals surface area contributed by atoms with E-state index in [1.807, 2.05) is 18.2 Å². The van der Waals surface area contributed by atoms with E-state index in [9.17, 15) is 10.2 Å². The second kappa shape index (κ2) is 11.9. The van der Waals surface area contributed by atoms with Crippen molar-refractivity contribution in [3.05, 3.63) is 77.7 Å². The highest BCUT2D eigenvalue weighted by molar-refractivity contribution is 5.46. The Hall–Kier alpha value is -2.91. The van der Waals surface area contributed by atoms with Crippen LogP contribution in [0.4, 0.5) is 5.69 Å². The molecule has 3 N–H and O–H groups in total. The molecule has 192 valence electrons. The molecule has 8 nitrogen and oxygen atoms in total. The molecule has 0 saturated carbocycles. The second-order valence-corrected chi connectivity index (χ2v) is 9.79.